The summed E-state index contributed by atoms with van der Waals surface area (Å²) in [6, 6.07) is 11.0. The number of anilines is 1. The number of aromatic nitrogens is 1. The average molecular weight is 378 g/mol. The van der Waals surface area contributed by atoms with Crippen molar-refractivity contribution in [3.8, 4) is 5.75 Å². The lowest BCUT2D eigenvalue weighted by atomic mass is 10.2. The molecule has 2 rings (SSSR count). The fraction of sp³-hybridized carbons (Fsp3) is 0.421. The van der Waals surface area contributed by atoms with E-state index in [1.54, 1.807) is 19.2 Å². The molecule has 1 N–H and O–H groups in total. The summed E-state index contributed by atoms with van der Waals surface area (Å²) >= 11 is 0. The minimum Gasteiger partial charge on any atom is -0.497 e. The van der Waals surface area contributed by atoms with Crippen molar-refractivity contribution in [2.75, 3.05) is 19.1 Å². The van der Waals surface area contributed by atoms with Crippen molar-refractivity contribution in [3.05, 3.63) is 48.2 Å². The molecule has 1 aromatic heterocycles. The van der Waals surface area contributed by atoms with Crippen LogP contribution in [0, 0.1) is 0 Å². The van der Waals surface area contributed by atoms with E-state index in [1.807, 2.05) is 50.1 Å². The summed E-state index contributed by atoms with van der Waals surface area (Å²) in [6.07, 6.45) is 3.13. The Kier molecular flexibility index (Phi) is 6.99. The number of benzene rings is 1. The van der Waals surface area contributed by atoms with Gasteiger partial charge in [-0.3, -0.25) is 0 Å². The second kappa shape index (κ2) is 9.00. The lowest BCUT2D eigenvalue weighted by Gasteiger charge is -2.19. The topological polar surface area (TPSA) is 71.5 Å². The molecule has 0 radical (unpaired) electrons. The second-order valence-corrected chi connectivity index (χ2v) is 8.08. The molecule has 0 aliphatic rings. The Morgan fingerprint density at radius 2 is 2.04 bits per heavy atom. The molecule has 0 bridgehead atoms. The largest absolute Gasteiger partial charge is 0.497 e. The highest BCUT2D eigenvalue weighted by atomic mass is 32.2. The van der Waals surface area contributed by atoms with E-state index >= 15 is 0 Å². The van der Waals surface area contributed by atoms with Gasteiger partial charge in [-0.25, -0.2) is 18.1 Å². The van der Waals surface area contributed by atoms with Gasteiger partial charge in [0.15, 0.2) is 0 Å². The van der Waals surface area contributed by atoms with Gasteiger partial charge in [0.2, 0.25) is 10.0 Å². The monoisotopic (exact) mass is 377 g/mol. The molecule has 0 aliphatic heterocycles. The molecule has 1 unspecified atom stereocenters. The Morgan fingerprint density at radius 3 is 2.65 bits per heavy atom. The summed E-state index contributed by atoms with van der Waals surface area (Å²) in [4.78, 5) is 6.45. The van der Waals surface area contributed by atoms with E-state index in [4.69, 9.17) is 4.74 Å². The van der Waals surface area contributed by atoms with Crippen LogP contribution in [0.15, 0.2) is 47.5 Å². The van der Waals surface area contributed by atoms with Crippen LogP contribution in [0.1, 0.15) is 32.3 Å². The van der Waals surface area contributed by atoms with E-state index in [-0.39, 0.29) is 10.9 Å². The van der Waals surface area contributed by atoms with E-state index in [0.717, 1.165) is 24.2 Å². The predicted molar refractivity (Wildman–Crippen MR) is 104 cm³/mol. The fourth-order valence-corrected chi connectivity index (χ4v) is 3.93. The summed E-state index contributed by atoms with van der Waals surface area (Å²) in [5.41, 5.74) is 1.08. The molecule has 1 heterocycles. The molecule has 0 aliphatic carbocycles. The molecule has 0 spiro atoms. The zero-order valence-electron chi connectivity index (χ0n) is 15.8. The van der Waals surface area contributed by atoms with Crippen LogP contribution in [-0.4, -0.2) is 33.6 Å². The SMILES string of the molecule is CCCC(C)NS(=O)(=O)c1ccc(N(C)Cc2cccc(OC)c2)nc1. The zero-order chi connectivity index (χ0) is 19.2. The molecule has 1 atom stereocenters. The van der Waals surface area contributed by atoms with Crippen molar-refractivity contribution in [3.63, 3.8) is 0 Å². The van der Waals surface area contributed by atoms with Crippen LogP contribution in [0.25, 0.3) is 0 Å². The van der Waals surface area contributed by atoms with Gasteiger partial charge in [-0.2, -0.15) is 0 Å². The zero-order valence-corrected chi connectivity index (χ0v) is 16.6. The minimum absolute atomic E-state index is 0.0968. The Hall–Kier alpha value is -2.12. The number of nitrogens with zero attached hydrogens (tertiary/aromatic N) is 2. The lowest BCUT2D eigenvalue weighted by Crippen LogP contribution is -2.32. The summed E-state index contributed by atoms with van der Waals surface area (Å²) in [5, 5.41) is 0. The highest BCUT2D eigenvalue weighted by Gasteiger charge is 2.17. The maximum Gasteiger partial charge on any atom is 0.242 e. The molecule has 142 valence electrons. The third-order valence-corrected chi connectivity index (χ3v) is 5.63. The molecule has 26 heavy (non-hydrogen) atoms. The van der Waals surface area contributed by atoms with Gasteiger partial charge in [0.05, 0.1) is 7.11 Å². The summed E-state index contributed by atoms with van der Waals surface area (Å²) in [5.74, 6) is 1.51. The summed E-state index contributed by atoms with van der Waals surface area (Å²) < 4.78 is 32.7. The fourth-order valence-electron chi connectivity index (χ4n) is 2.71. The molecule has 1 aromatic carbocycles. The molecule has 2 aromatic rings. The van der Waals surface area contributed by atoms with Gasteiger partial charge >= 0.3 is 0 Å². The number of methoxy groups -OCH3 is 1. The molecular weight excluding hydrogens is 350 g/mol. The summed E-state index contributed by atoms with van der Waals surface area (Å²) in [7, 11) is 0.0125. The van der Waals surface area contributed by atoms with Crippen LogP contribution in [0.5, 0.6) is 5.75 Å². The number of hydrogen-bond acceptors (Lipinski definition) is 5. The number of nitrogens with one attached hydrogen (secondary N) is 1. The van der Waals surface area contributed by atoms with Crippen molar-refractivity contribution in [1.29, 1.82) is 0 Å². The van der Waals surface area contributed by atoms with Gasteiger partial charge in [-0.15, -0.1) is 0 Å². The first-order chi connectivity index (χ1) is 12.4. The summed E-state index contributed by atoms with van der Waals surface area (Å²) in [6.45, 7) is 4.53. The minimum atomic E-state index is -3.54. The molecule has 0 saturated heterocycles. The highest BCUT2D eigenvalue weighted by Crippen LogP contribution is 2.18. The molecule has 0 fully saturated rings. The number of sulfonamides is 1. The van der Waals surface area contributed by atoms with Crippen molar-refractivity contribution in [2.24, 2.45) is 0 Å². The van der Waals surface area contributed by atoms with Crippen molar-refractivity contribution < 1.29 is 13.2 Å². The lowest BCUT2D eigenvalue weighted by molar-refractivity contribution is 0.414. The molecule has 0 amide bonds. The van der Waals surface area contributed by atoms with Gasteiger partial charge in [-0.1, -0.05) is 25.5 Å². The first-order valence-corrected chi connectivity index (χ1v) is 10.2. The van der Waals surface area contributed by atoms with Crippen molar-refractivity contribution in [1.82, 2.24) is 9.71 Å². The average Bonchev–Trinajstić information content (AvgIpc) is 2.61. The first-order valence-electron chi connectivity index (χ1n) is 8.68. The van der Waals surface area contributed by atoms with Gasteiger partial charge in [0, 0.05) is 25.8 Å². The Labute approximate surface area is 156 Å². The molecular formula is C19H27N3O3S. The third kappa shape index (κ3) is 5.44. The van der Waals surface area contributed by atoms with Crippen LogP contribution in [0.4, 0.5) is 5.82 Å². The van der Waals surface area contributed by atoms with Crippen LogP contribution < -0.4 is 14.4 Å². The number of rotatable bonds is 9. The predicted octanol–water partition coefficient (Wildman–Crippen LogP) is 3.19. The Morgan fingerprint density at radius 1 is 1.27 bits per heavy atom. The number of hydrogen-bond donors (Lipinski definition) is 1. The maximum absolute atomic E-state index is 12.4. The van der Waals surface area contributed by atoms with Crippen molar-refractivity contribution >= 4 is 15.8 Å². The normalized spacial score (nSPS) is 12.6. The van der Waals surface area contributed by atoms with Crippen LogP contribution in [-0.2, 0) is 16.6 Å². The van der Waals surface area contributed by atoms with Gasteiger partial charge in [-0.05, 0) is 43.2 Å². The molecule has 6 nitrogen and oxygen atoms in total. The van der Waals surface area contributed by atoms with Gasteiger partial charge < -0.3 is 9.64 Å². The Bertz CT molecular complexity index is 807. The maximum atomic E-state index is 12.4. The highest BCUT2D eigenvalue weighted by molar-refractivity contribution is 7.89. The van der Waals surface area contributed by atoms with Crippen LogP contribution in [0.2, 0.25) is 0 Å². The van der Waals surface area contributed by atoms with E-state index < -0.39 is 10.0 Å². The third-order valence-electron chi connectivity index (χ3n) is 4.05. The van der Waals surface area contributed by atoms with E-state index in [0.29, 0.717) is 12.4 Å². The standard InChI is InChI=1S/C19H27N3O3S/c1-5-7-15(2)21-26(23,24)18-10-11-19(20-13-18)22(3)14-16-8-6-9-17(12-16)25-4/h6,8-13,15,21H,5,7,14H2,1-4H3. The second-order valence-electron chi connectivity index (χ2n) is 6.37. The smallest absolute Gasteiger partial charge is 0.242 e. The number of pyridine rings is 1. The van der Waals surface area contributed by atoms with Crippen molar-refractivity contribution in [2.45, 2.75) is 44.2 Å². The number of ether oxygens (including phenoxy) is 1. The molecule has 7 heteroatoms. The quantitative estimate of drug-likeness (QED) is 0.727. The first kappa shape index (κ1) is 20.2. The van der Waals surface area contributed by atoms with E-state index in [1.165, 1.54) is 6.20 Å². The Balaban J connectivity index is 2.08. The molecule has 0 saturated carbocycles. The van der Waals surface area contributed by atoms with E-state index in [2.05, 4.69) is 9.71 Å². The van der Waals surface area contributed by atoms with Gasteiger partial charge in [0.1, 0.15) is 16.5 Å². The van der Waals surface area contributed by atoms with Crippen LogP contribution >= 0.6 is 0 Å². The van der Waals surface area contributed by atoms with Crippen LogP contribution in [0.3, 0.4) is 0 Å². The van der Waals surface area contributed by atoms with Gasteiger partial charge in [0.25, 0.3) is 0 Å². The van der Waals surface area contributed by atoms with E-state index in [9.17, 15) is 8.42 Å².